The average Bonchev–Trinajstić information content (AvgIpc) is 2.27. The van der Waals surface area contributed by atoms with E-state index in [0.717, 1.165) is 22.4 Å². The molecular weight excluding hydrogens is 320 g/mol. The van der Waals surface area contributed by atoms with Gasteiger partial charge in [-0.05, 0) is 37.0 Å². The Morgan fingerprint density at radius 2 is 2.15 bits per heavy atom. The van der Waals surface area contributed by atoms with Gasteiger partial charge in [0, 0.05) is 15.5 Å². The number of hydrogen-bond donors (Lipinski definition) is 1. The summed E-state index contributed by atoms with van der Waals surface area (Å²) in [7, 11) is 0. The van der Waals surface area contributed by atoms with Gasteiger partial charge >= 0.3 is 5.97 Å². The second-order valence-corrected chi connectivity index (χ2v) is 7.12. The van der Waals surface area contributed by atoms with E-state index in [1.54, 1.807) is 0 Å². The van der Waals surface area contributed by atoms with Crippen LogP contribution in [0.5, 0.6) is 5.75 Å². The van der Waals surface area contributed by atoms with Crippen LogP contribution in [-0.4, -0.2) is 17.7 Å². The van der Waals surface area contributed by atoms with Crippen molar-refractivity contribution in [3.63, 3.8) is 0 Å². The molecule has 0 aliphatic heterocycles. The highest BCUT2D eigenvalue weighted by molar-refractivity contribution is 9.10. The summed E-state index contributed by atoms with van der Waals surface area (Å²) in [5.74, 6) is 0.681. The van der Waals surface area contributed by atoms with Crippen molar-refractivity contribution in [1.29, 1.82) is 0 Å². The number of ether oxygens (including phenoxy) is 1. The molecule has 0 amide bonds. The molecule has 1 N–H and O–H groups in total. The first-order valence-corrected chi connectivity index (χ1v) is 7.82. The van der Waals surface area contributed by atoms with Gasteiger partial charge in [-0.25, -0.2) is 0 Å². The van der Waals surface area contributed by atoms with E-state index in [1.165, 1.54) is 19.3 Å². The van der Waals surface area contributed by atoms with Gasteiger partial charge in [0.1, 0.15) is 5.75 Å². The predicted octanol–water partition coefficient (Wildman–Crippen LogP) is 4.38. The van der Waals surface area contributed by atoms with Crippen LogP contribution < -0.4 is 4.74 Å². The highest BCUT2D eigenvalue weighted by Gasteiger charge is 2.28. The Morgan fingerprint density at radius 1 is 1.45 bits per heavy atom. The number of hydrogen-bond acceptors (Lipinski definition) is 2. The van der Waals surface area contributed by atoms with Gasteiger partial charge in [-0.1, -0.05) is 36.2 Å². The molecule has 1 aromatic carbocycles. The molecule has 4 heteroatoms. The second kappa shape index (κ2) is 6.17. The highest BCUT2D eigenvalue weighted by Crippen LogP contribution is 2.37. The quantitative estimate of drug-likeness (QED) is 0.835. The molecule has 0 saturated heterocycles. The van der Waals surface area contributed by atoms with Gasteiger partial charge in [-0.3, -0.25) is 4.79 Å². The Hall–Kier alpha value is -1.03. The molecule has 0 bridgehead atoms. The topological polar surface area (TPSA) is 46.5 Å². The average molecular weight is 341 g/mol. The Labute approximate surface area is 128 Å². The second-order valence-electron chi connectivity index (χ2n) is 6.20. The largest absolute Gasteiger partial charge is 0.493 e. The Bertz CT molecular complexity index is 492. The summed E-state index contributed by atoms with van der Waals surface area (Å²) in [4.78, 5) is 11.1. The summed E-state index contributed by atoms with van der Waals surface area (Å²) in [6.45, 7) is 4.62. The fraction of sp³-hybridized carbons (Fsp3) is 0.562. The highest BCUT2D eigenvalue weighted by atomic mass is 79.9. The van der Waals surface area contributed by atoms with Gasteiger partial charge in [0.05, 0.1) is 13.0 Å². The van der Waals surface area contributed by atoms with Crippen LogP contribution in [0, 0.1) is 5.92 Å². The van der Waals surface area contributed by atoms with Gasteiger partial charge in [-0.2, -0.15) is 0 Å². The lowest BCUT2D eigenvalue weighted by molar-refractivity contribution is -0.138. The van der Waals surface area contributed by atoms with Crippen molar-refractivity contribution in [2.24, 2.45) is 5.92 Å². The van der Waals surface area contributed by atoms with Crippen molar-refractivity contribution in [3.8, 4) is 5.75 Å². The molecule has 0 unspecified atom stereocenters. The molecule has 0 atom stereocenters. The summed E-state index contributed by atoms with van der Waals surface area (Å²) in [5.41, 5.74) is 0.499. The van der Waals surface area contributed by atoms with Crippen molar-refractivity contribution in [2.75, 3.05) is 6.61 Å². The molecule has 1 fully saturated rings. The first-order chi connectivity index (χ1) is 9.38. The molecule has 110 valence electrons. The Kier molecular flexibility index (Phi) is 4.74. The first-order valence-electron chi connectivity index (χ1n) is 7.03. The van der Waals surface area contributed by atoms with Gasteiger partial charge in [0.15, 0.2) is 0 Å². The summed E-state index contributed by atoms with van der Waals surface area (Å²) in [5, 5.41) is 9.08. The third-order valence-corrected chi connectivity index (χ3v) is 4.46. The maximum atomic E-state index is 11.1. The third-order valence-electron chi connectivity index (χ3n) is 3.96. The lowest BCUT2D eigenvalue weighted by atomic mass is 9.81. The molecular formula is C16H21BrO3. The number of halogens is 1. The zero-order chi connectivity index (χ0) is 14.8. The predicted molar refractivity (Wildman–Crippen MR) is 82.3 cm³/mol. The molecule has 1 saturated carbocycles. The molecule has 1 aromatic rings. The van der Waals surface area contributed by atoms with E-state index >= 15 is 0 Å². The number of carboxylic acids is 1. The van der Waals surface area contributed by atoms with Gasteiger partial charge in [0.25, 0.3) is 0 Å². The minimum absolute atomic E-state index is 0.0865. The zero-order valence-electron chi connectivity index (χ0n) is 12.0. The van der Waals surface area contributed by atoms with Crippen molar-refractivity contribution in [2.45, 2.75) is 44.9 Å². The van der Waals surface area contributed by atoms with Crippen LogP contribution >= 0.6 is 15.9 Å². The molecule has 0 radical (unpaired) electrons. The van der Waals surface area contributed by atoms with E-state index < -0.39 is 11.4 Å². The number of benzene rings is 1. The fourth-order valence-electron chi connectivity index (χ4n) is 2.50. The summed E-state index contributed by atoms with van der Waals surface area (Å²) < 4.78 is 6.90. The normalized spacial score (nSPS) is 15.8. The number of rotatable bonds is 6. The first kappa shape index (κ1) is 15.4. The number of aliphatic carboxylic acids is 1. The molecule has 3 nitrogen and oxygen atoms in total. The summed E-state index contributed by atoms with van der Waals surface area (Å²) >= 11 is 3.46. The molecule has 0 aromatic heterocycles. The molecule has 2 rings (SSSR count). The van der Waals surface area contributed by atoms with E-state index in [4.69, 9.17) is 9.84 Å². The SMILES string of the molecule is CC(C)(CC(=O)O)c1cc(Br)ccc1OCC1CCC1. The molecule has 0 heterocycles. The lowest BCUT2D eigenvalue weighted by Crippen LogP contribution is -2.24. The summed E-state index contributed by atoms with van der Waals surface area (Å²) in [6.07, 6.45) is 3.86. The standard InChI is InChI=1S/C16H21BrO3/c1-16(2,9-15(18)19)13-8-12(17)6-7-14(13)20-10-11-4-3-5-11/h6-8,11H,3-5,9-10H2,1-2H3,(H,18,19). The van der Waals surface area contributed by atoms with E-state index in [0.29, 0.717) is 5.92 Å². The minimum Gasteiger partial charge on any atom is -0.493 e. The van der Waals surface area contributed by atoms with Crippen molar-refractivity contribution in [1.82, 2.24) is 0 Å². The van der Waals surface area contributed by atoms with E-state index in [2.05, 4.69) is 15.9 Å². The lowest BCUT2D eigenvalue weighted by Gasteiger charge is -2.29. The van der Waals surface area contributed by atoms with Crippen LogP contribution in [0.4, 0.5) is 0 Å². The monoisotopic (exact) mass is 340 g/mol. The molecule has 0 spiro atoms. The number of carboxylic acid groups (broad SMARTS) is 1. The third kappa shape index (κ3) is 3.75. The van der Waals surface area contributed by atoms with Crippen LogP contribution in [0.3, 0.4) is 0 Å². The molecule has 1 aliphatic rings. The molecule has 20 heavy (non-hydrogen) atoms. The molecule has 1 aliphatic carbocycles. The van der Waals surface area contributed by atoms with E-state index in [1.807, 2.05) is 32.0 Å². The van der Waals surface area contributed by atoms with Crippen molar-refractivity contribution in [3.05, 3.63) is 28.2 Å². The van der Waals surface area contributed by atoms with Crippen LogP contribution in [0.1, 0.15) is 45.1 Å². The zero-order valence-corrected chi connectivity index (χ0v) is 13.6. The van der Waals surface area contributed by atoms with Crippen LogP contribution in [0.25, 0.3) is 0 Å². The van der Waals surface area contributed by atoms with Gasteiger partial charge in [-0.15, -0.1) is 0 Å². The van der Waals surface area contributed by atoms with Gasteiger partial charge in [0.2, 0.25) is 0 Å². The van der Waals surface area contributed by atoms with Crippen LogP contribution in [0.15, 0.2) is 22.7 Å². The maximum Gasteiger partial charge on any atom is 0.304 e. The van der Waals surface area contributed by atoms with Crippen molar-refractivity contribution >= 4 is 21.9 Å². The Balaban J connectivity index is 2.19. The fourth-order valence-corrected chi connectivity index (χ4v) is 2.86. The van der Waals surface area contributed by atoms with Crippen LogP contribution in [0.2, 0.25) is 0 Å². The maximum absolute atomic E-state index is 11.1. The smallest absolute Gasteiger partial charge is 0.304 e. The van der Waals surface area contributed by atoms with E-state index in [9.17, 15) is 4.79 Å². The van der Waals surface area contributed by atoms with Crippen molar-refractivity contribution < 1.29 is 14.6 Å². The van der Waals surface area contributed by atoms with Gasteiger partial charge < -0.3 is 9.84 Å². The van der Waals surface area contributed by atoms with E-state index in [-0.39, 0.29) is 6.42 Å². The van der Waals surface area contributed by atoms with Crippen LogP contribution in [-0.2, 0) is 10.2 Å². The minimum atomic E-state index is -0.792. The summed E-state index contributed by atoms with van der Waals surface area (Å²) in [6, 6.07) is 5.84. The Morgan fingerprint density at radius 3 is 2.70 bits per heavy atom. The number of carbonyl (C=O) groups is 1.